The van der Waals surface area contributed by atoms with Crippen molar-refractivity contribution in [2.45, 2.75) is 19.8 Å². The minimum atomic E-state index is -0.234. The Bertz CT molecular complexity index is 788. The predicted molar refractivity (Wildman–Crippen MR) is 97.6 cm³/mol. The molecule has 2 amide bonds. The number of amides is 2. The standard InChI is InChI=1S/C20H24N2O3/c1-3-22-13-15(12-19(22)23)20(24)21-11-10-17-16-7-5-4-6-14(16)8-9-18(17)25-2/h4-9,15H,3,10-13H2,1-2H3,(H,21,24)/t15-/m0/s1. The Kier molecular flexibility index (Phi) is 5.22. The second kappa shape index (κ2) is 7.55. The number of likely N-dealkylation sites (tertiary alicyclic amines) is 1. The van der Waals surface area contributed by atoms with Gasteiger partial charge in [-0.25, -0.2) is 0 Å². The number of hydrogen-bond acceptors (Lipinski definition) is 3. The van der Waals surface area contributed by atoms with Crippen LogP contribution >= 0.6 is 0 Å². The van der Waals surface area contributed by atoms with Gasteiger partial charge in [0.15, 0.2) is 0 Å². The van der Waals surface area contributed by atoms with Crippen molar-refractivity contribution in [2.24, 2.45) is 5.92 Å². The van der Waals surface area contributed by atoms with Crippen LogP contribution in [-0.4, -0.2) is 43.5 Å². The van der Waals surface area contributed by atoms with Crippen LogP contribution in [0.4, 0.5) is 0 Å². The molecule has 1 heterocycles. The Balaban J connectivity index is 1.65. The van der Waals surface area contributed by atoms with Crippen LogP contribution in [0.2, 0.25) is 0 Å². The van der Waals surface area contributed by atoms with Crippen LogP contribution < -0.4 is 10.1 Å². The fourth-order valence-electron chi connectivity index (χ4n) is 3.47. The molecule has 2 aromatic rings. The molecule has 5 heteroatoms. The van der Waals surface area contributed by atoms with Crippen LogP contribution in [0.5, 0.6) is 5.75 Å². The molecular weight excluding hydrogens is 316 g/mol. The summed E-state index contributed by atoms with van der Waals surface area (Å²) < 4.78 is 5.49. The molecule has 0 aliphatic carbocycles. The molecule has 0 radical (unpaired) electrons. The Morgan fingerprint density at radius 2 is 2.08 bits per heavy atom. The second-order valence-corrected chi connectivity index (χ2v) is 6.34. The molecule has 1 saturated heterocycles. The van der Waals surface area contributed by atoms with E-state index in [4.69, 9.17) is 4.74 Å². The topological polar surface area (TPSA) is 58.6 Å². The van der Waals surface area contributed by atoms with Gasteiger partial charge in [-0.2, -0.15) is 0 Å². The SMILES string of the molecule is CCN1C[C@@H](C(=O)NCCc2c(OC)ccc3ccccc23)CC1=O. The highest BCUT2D eigenvalue weighted by Crippen LogP contribution is 2.28. The third-order valence-corrected chi connectivity index (χ3v) is 4.86. The van der Waals surface area contributed by atoms with E-state index in [-0.39, 0.29) is 17.7 Å². The van der Waals surface area contributed by atoms with E-state index in [0.717, 1.165) is 22.1 Å². The predicted octanol–water partition coefficient (Wildman–Crippen LogP) is 2.38. The number of benzene rings is 2. The lowest BCUT2D eigenvalue weighted by atomic mass is 10.0. The van der Waals surface area contributed by atoms with Crippen LogP contribution in [0, 0.1) is 5.92 Å². The maximum Gasteiger partial charge on any atom is 0.225 e. The highest BCUT2D eigenvalue weighted by Gasteiger charge is 2.33. The van der Waals surface area contributed by atoms with Crippen molar-refractivity contribution >= 4 is 22.6 Å². The van der Waals surface area contributed by atoms with Gasteiger partial charge in [-0.3, -0.25) is 9.59 Å². The average Bonchev–Trinajstić information content (AvgIpc) is 3.02. The zero-order valence-electron chi connectivity index (χ0n) is 14.7. The Morgan fingerprint density at radius 1 is 1.28 bits per heavy atom. The molecule has 1 fully saturated rings. The van der Waals surface area contributed by atoms with Crippen molar-refractivity contribution in [1.82, 2.24) is 10.2 Å². The summed E-state index contributed by atoms with van der Waals surface area (Å²) in [6.07, 6.45) is 1.01. The van der Waals surface area contributed by atoms with E-state index < -0.39 is 0 Å². The quantitative estimate of drug-likeness (QED) is 0.878. The van der Waals surface area contributed by atoms with Crippen LogP contribution in [0.25, 0.3) is 10.8 Å². The van der Waals surface area contributed by atoms with E-state index in [1.165, 1.54) is 0 Å². The normalized spacial score (nSPS) is 17.1. The molecule has 0 bridgehead atoms. The van der Waals surface area contributed by atoms with Crippen molar-refractivity contribution in [2.75, 3.05) is 26.7 Å². The van der Waals surface area contributed by atoms with E-state index in [9.17, 15) is 9.59 Å². The summed E-state index contributed by atoms with van der Waals surface area (Å²) in [5.74, 6) is 0.630. The third-order valence-electron chi connectivity index (χ3n) is 4.86. The van der Waals surface area contributed by atoms with Crippen molar-refractivity contribution in [3.63, 3.8) is 0 Å². The largest absolute Gasteiger partial charge is 0.496 e. The number of methoxy groups -OCH3 is 1. The number of nitrogens with one attached hydrogen (secondary N) is 1. The minimum absolute atomic E-state index is 0.0384. The Hall–Kier alpha value is -2.56. The van der Waals surface area contributed by atoms with E-state index in [2.05, 4.69) is 17.4 Å². The summed E-state index contributed by atoms with van der Waals surface area (Å²) in [4.78, 5) is 25.8. The van der Waals surface area contributed by atoms with E-state index >= 15 is 0 Å². The lowest BCUT2D eigenvalue weighted by Crippen LogP contribution is -2.34. The second-order valence-electron chi connectivity index (χ2n) is 6.34. The summed E-state index contributed by atoms with van der Waals surface area (Å²) in [7, 11) is 1.66. The summed E-state index contributed by atoms with van der Waals surface area (Å²) in [6.45, 7) is 3.65. The molecular formula is C20H24N2O3. The van der Waals surface area contributed by atoms with Gasteiger partial charge in [-0.15, -0.1) is 0 Å². The summed E-state index contributed by atoms with van der Waals surface area (Å²) >= 11 is 0. The zero-order chi connectivity index (χ0) is 17.8. The monoisotopic (exact) mass is 340 g/mol. The maximum atomic E-state index is 12.3. The van der Waals surface area contributed by atoms with Gasteiger partial charge in [0.25, 0.3) is 0 Å². The van der Waals surface area contributed by atoms with Gasteiger partial charge in [-0.1, -0.05) is 30.3 Å². The molecule has 0 saturated carbocycles. The summed E-state index contributed by atoms with van der Waals surface area (Å²) in [6, 6.07) is 12.2. The molecule has 1 aliphatic rings. The smallest absolute Gasteiger partial charge is 0.225 e. The fourth-order valence-corrected chi connectivity index (χ4v) is 3.47. The molecule has 1 atom stereocenters. The van der Waals surface area contributed by atoms with E-state index in [0.29, 0.717) is 32.5 Å². The first-order valence-corrected chi connectivity index (χ1v) is 8.74. The Morgan fingerprint density at radius 3 is 2.80 bits per heavy atom. The van der Waals surface area contributed by atoms with E-state index in [1.807, 2.05) is 31.2 Å². The van der Waals surface area contributed by atoms with Gasteiger partial charge >= 0.3 is 0 Å². The number of ether oxygens (including phenoxy) is 1. The number of carbonyl (C=O) groups is 2. The van der Waals surface area contributed by atoms with Crippen LogP contribution in [0.1, 0.15) is 18.9 Å². The fraction of sp³-hybridized carbons (Fsp3) is 0.400. The van der Waals surface area contributed by atoms with Crippen molar-refractivity contribution < 1.29 is 14.3 Å². The van der Waals surface area contributed by atoms with Crippen molar-refractivity contribution in [1.29, 1.82) is 0 Å². The first kappa shape index (κ1) is 17.3. The average molecular weight is 340 g/mol. The van der Waals surface area contributed by atoms with Crippen LogP contribution in [0.3, 0.4) is 0 Å². The number of hydrogen-bond donors (Lipinski definition) is 1. The number of nitrogens with zero attached hydrogens (tertiary/aromatic N) is 1. The van der Waals surface area contributed by atoms with E-state index in [1.54, 1.807) is 12.0 Å². The van der Waals surface area contributed by atoms with Crippen molar-refractivity contribution in [3.8, 4) is 5.75 Å². The number of fused-ring (bicyclic) bond motifs is 1. The minimum Gasteiger partial charge on any atom is -0.496 e. The highest BCUT2D eigenvalue weighted by molar-refractivity contribution is 5.90. The molecule has 5 nitrogen and oxygen atoms in total. The third kappa shape index (κ3) is 3.60. The zero-order valence-corrected chi connectivity index (χ0v) is 14.7. The highest BCUT2D eigenvalue weighted by atomic mass is 16.5. The van der Waals surface area contributed by atoms with Crippen LogP contribution in [0.15, 0.2) is 36.4 Å². The molecule has 1 N–H and O–H groups in total. The summed E-state index contributed by atoms with van der Waals surface area (Å²) in [5, 5.41) is 5.28. The Labute approximate surface area is 148 Å². The molecule has 0 spiro atoms. The molecule has 2 aromatic carbocycles. The molecule has 1 aliphatic heterocycles. The molecule has 0 unspecified atom stereocenters. The van der Waals surface area contributed by atoms with Gasteiger partial charge in [0, 0.05) is 31.6 Å². The van der Waals surface area contributed by atoms with Crippen LogP contribution in [-0.2, 0) is 16.0 Å². The lowest BCUT2D eigenvalue weighted by molar-refractivity contribution is -0.128. The van der Waals surface area contributed by atoms with Crippen molar-refractivity contribution in [3.05, 3.63) is 42.0 Å². The molecule has 132 valence electrons. The van der Waals surface area contributed by atoms with Gasteiger partial charge in [0.1, 0.15) is 5.75 Å². The molecule has 0 aromatic heterocycles. The molecule has 25 heavy (non-hydrogen) atoms. The molecule has 3 rings (SSSR count). The van der Waals surface area contributed by atoms with Gasteiger partial charge in [-0.05, 0) is 30.2 Å². The first-order valence-electron chi connectivity index (χ1n) is 8.74. The maximum absolute atomic E-state index is 12.3. The van der Waals surface area contributed by atoms with Gasteiger partial charge < -0.3 is 15.0 Å². The lowest BCUT2D eigenvalue weighted by Gasteiger charge is -2.15. The van der Waals surface area contributed by atoms with Gasteiger partial charge in [0.05, 0.1) is 13.0 Å². The number of carbonyl (C=O) groups excluding carboxylic acids is 2. The van der Waals surface area contributed by atoms with Gasteiger partial charge in [0.2, 0.25) is 11.8 Å². The first-order chi connectivity index (χ1) is 12.1. The number of rotatable bonds is 6. The summed E-state index contributed by atoms with van der Waals surface area (Å²) in [5.41, 5.74) is 1.10.